The van der Waals surface area contributed by atoms with E-state index in [1.807, 2.05) is 36.4 Å². The summed E-state index contributed by atoms with van der Waals surface area (Å²) in [4.78, 5) is 17.7. The van der Waals surface area contributed by atoms with E-state index in [4.69, 9.17) is 4.99 Å². The highest BCUT2D eigenvalue weighted by molar-refractivity contribution is 7.99. The van der Waals surface area contributed by atoms with Crippen LogP contribution in [0.15, 0.2) is 75.9 Å². The van der Waals surface area contributed by atoms with Gasteiger partial charge < -0.3 is 0 Å². The van der Waals surface area contributed by atoms with Crippen molar-refractivity contribution in [1.82, 2.24) is 0 Å². The third-order valence-corrected chi connectivity index (χ3v) is 6.29. The van der Waals surface area contributed by atoms with Gasteiger partial charge in [0.25, 0.3) is 5.69 Å². The Morgan fingerprint density at radius 3 is 2.56 bits per heavy atom. The number of thioether (sulfide) groups is 1. The van der Waals surface area contributed by atoms with Crippen molar-refractivity contribution in [1.29, 1.82) is 0 Å². The molecule has 0 amide bonds. The van der Waals surface area contributed by atoms with Gasteiger partial charge in [-0.05, 0) is 29.1 Å². The van der Waals surface area contributed by atoms with Crippen molar-refractivity contribution in [2.24, 2.45) is 4.99 Å². The zero-order valence-electron chi connectivity index (χ0n) is 13.2. The van der Waals surface area contributed by atoms with Crippen LogP contribution in [0.4, 0.5) is 11.4 Å². The second-order valence-corrected chi connectivity index (χ2v) is 7.86. The van der Waals surface area contributed by atoms with Crippen molar-refractivity contribution in [3.05, 3.63) is 86.6 Å². The number of non-ortho nitro benzene ring substituents is 1. The molecule has 0 aliphatic carbocycles. The standard InChI is InChI=1S/C19H14N2O2S2/c22-21(23)14-9-7-13(8-10-14)19-12-16(17-6-3-11-24-17)20-15-4-1-2-5-18(15)25-19/h1-11,19H,12H2/t19-/m1/s1. The first-order valence-electron chi connectivity index (χ1n) is 7.82. The number of aliphatic imine (C=N–C) groups is 1. The first kappa shape index (κ1) is 16.1. The molecule has 4 rings (SSSR count). The molecule has 2 aromatic carbocycles. The van der Waals surface area contributed by atoms with Gasteiger partial charge in [0.1, 0.15) is 0 Å². The quantitative estimate of drug-likeness (QED) is 0.421. The lowest BCUT2D eigenvalue weighted by molar-refractivity contribution is -0.384. The zero-order chi connectivity index (χ0) is 17.2. The number of fused-ring (bicyclic) bond motifs is 1. The van der Waals surface area contributed by atoms with Gasteiger partial charge in [-0.25, -0.2) is 0 Å². The number of para-hydroxylation sites is 1. The highest BCUT2D eigenvalue weighted by Gasteiger charge is 2.23. The van der Waals surface area contributed by atoms with Crippen LogP contribution in [0.5, 0.6) is 0 Å². The molecule has 0 radical (unpaired) electrons. The molecule has 0 fully saturated rings. The van der Waals surface area contributed by atoms with Gasteiger partial charge >= 0.3 is 0 Å². The Kier molecular flexibility index (Phi) is 4.38. The molecule has 2 heterocycles. The fourth-order valence-electron chi connectivity index (χ4n) is 2.81. The molecule has 1 atom stereocenters. The van der Waals surface area contributed by atoms with Crippen LogP contribution in [0.3, 0.4) is 0 Å². The Bertz CT molecular complexity index is 934. The van der Waals surface area contributed by atoms with Gasteiger partial charge in [-0.2, -0.15) is 0 Å². The molecule has 124 valence electrons. The van der Waals surface area contributed by atoms with Crippen LogP contribution in [0, 0.1) is 10.1 Å². The number of nitrogens with zero attached hydrogens (tertiary/aromatic N) is 2. The molecular weight excluding hydrogens is 352 g/mol. The average molecular weight is 366 g/mol. The van der Waals surface area contributed by atoms with Gasteiger partial charge in [-0.3, -0.25) is 15.1 Å². The molecular formula is C19H14N2O2S2. The van der Waals surface area contributed by atoms with E-state index in [-0.39, 0.29) is 15.9 Å². The summed E-state index contributed by atoms with van der Waals surface area (Å²) in [6.45, 7) is 0. The lowest BCUT2D eigenvalue weighted by Gasteiger charge is -2.15. The summed E-state index contributed by atoms with van der Waals surface area (Å²) in [5.41, 5.74) is 3.25. The predicted octanol–water partition coefficient (Wildman–Crippen LogP) is 6.01. The van der Waals surface area contributed by atoms with E-state index >= 15 is 0 Å². The molecule has 1 aliphatic rings. The van der Waals surface area contributed by atoms with E-state index in [1.165, 1.54) is 4.88 Å². The summed E-state index contributed by atoms with van der Waals surface area (Å²) in [6, 6.07) is 19.1. The Labute approximate surface area is 153 Å². The van der Waals surface area contributed by atoms with Crippen molar-refractivity contribution in [2.75, 3.05) is 0 Å². The van der Waals surface area contributed by atoms with E-state index < -0.39 is 0 Å². The van der Waals surface area contributed by atoms with E-state index in [2.05, 4.69) is 17.5 Å². The molecule has 0 spiro atoms. The predicted molar refractivity (Wildman–Crippen MR) is 103 cm³/mol. The lowest BCUT2D eigenvalue weighted by atomic mass is 10.1. The molecule has 1 aromatic heterocycles. The number of nitro benzene ring substituents is 1. The fourth-order valence-corrected chi connectivity index (χ4v) is 4.76. The summed E-state index contributed by atoms with van der Waals surface area (Å²) in [7, 11) is 0. The normalized spacial score (nSPS) is 16.6. The van der Waals surface area contributed by atoms with E-state index in [0.29, 0.717) is 0 Å². The summed E-state index contributed by atoms with van der Waals surface area (Å²) < 4.78 is 0. The summed E-state index contributed by atoms with van der Waals surface area (Å²) in [5, 5.41) is 13.1. The maximum atomic E-state index is 10.9. The van der Waals surface area contributed by atoms with E-state index in [0.717, 1.165) is 28.3 Å². The van der Waals surface area contributed by atoms with Crippen LogP contribution in [0.2, 0.25) is 0 Å². The largest absolute Gasteiger partial charge is 0.269 e. The number of rotatable bonds is 3. The monoisotopic (exact) mass is 366 g/mol. The number of hydrogen-bond donors (Lipinski definition) is 0. The first-order valence-corrected chi connectivity index (χ1v) is 9.58. The van der Waals surface area contributed by atoms with Crippen molar-refractivity contribution >= 4 is 40.2 Å². The van der Waals surface area contributed by atoms with Crippen molar-refractivity contribution < 1.29 is 4.92 Å². The van der Waals surface area contributed by atoms with Gasteiger partial charge in [-0.1, -0.05) is 30.3 Å². The van der Waals surface area contributed by atoms with Crippen LogP contribution in [0.25, 0.3) is 0 Å². The zero-order valence-corrected chi connectivity index (χ0v) is 14.8. The summed E-state index contributed by atoms with van der Waals surface area (Å²) in [6.07, 6.45) is 0.789. The lowest BCUT2D eigenvalue weighted by Crippen LogP contribution is -2.03. The Hall–Kier alpha value is -2.44. The van der Waals surface area contributed by atoms with E-state index in [1.54, 1.807) is 35.2 Å². The molecule has 1 aliphatic heterocycles. The molecule has 0 saturated carbocycles. The second kappa shape index (κ2) is 6.82. The highest BCUT2D eigenvalue weighted by atomic mass is 32.2. The Morgan fingerprint density at radius 2 is 1.84 bits per heavy atom. The second-order valence-electron chi connectivity index (χ2n) is 5.66. The molecule has 6 heteroatoms. The van der Waals surface area contributed by atoms with Gasteiger partial charge in [0.05, 0.1) is 16.3 Å². The van der Waals surface area contributed by atoms with Crippen molar-refractivity contribution in [2.45, 2.75) is 16.6 Å². The number of hydrogen-bond acceptors (Lipinski definition) is 5. The Morgan fingerprint density at radius 1 is 1.04 bits per heavy atom. The molecule has 0 saturated heterocycles. The minimum Gasteiger partial charge on any atom is -0.258 e. The molecule has 0 unspecified atom stereocenters. The first-order chi connectivity index (χ1) is 12.2. The number of nitro groups is 1. The van der Waals surface area contributed by atoms with Gasteiger partial charge in [0.2, 0.25) is 0 Å². The maximum absolute atomic E-state index is 10.9. The molecule has 25 heavy (non-hydrogen) atoms. The van der Waals surface area contributed by atoms with Gasteiger partial charge in [0, 0.05) is 33.6 Å². The highest BCUT2D eigenvalue weighted by Crippen LogP contribution is 2.45. The molecule has 0 bridgehead atoms. The minimum atomic E-state index is -0.363. The van der Waals surface area contributed by atoms with Crippen LogP contribution in [-0.4, -0.2) is 10.6 Å². The SMILES string of the molecule is O=[N+]([O-])c1ccc([C@H]2CC(c3cccs3)=Nc3ccccc3S2)cc1. The third kappa shape index (κ3) is 3.36. The van der Waals surface area contributed by atoms with Crippen LogP contribution >= 0.6 is 23.1 Å². The average Bonchev–Trinajstić information content (AvgIpc) is 3.09. The maximum Gasteiger partial charge on any atom is 0.269 e. The topological polar surface area (TPSA) is 55.5 Å². The number of thiophene rings is 1. The molecule has 4 nitrogen and oxygen atoms in total. The van der Waals surface area contributed by atoms with Crippen LogP contribution in [0.1, 0.15) is 22.1 Å². The number of benzene rings is 2. The van der Waals surface area contributed by atoms with Crippen LogP contribution in [-0.2, 0) is 0 Å². The Balaban J connectivity index is 1.74. The summed E-state index contributed by atoms with van der Waals surface area (Å²) >= 11 is 3.45. The van der Waals surface area contributed by atoms with Gasteiger partial charge in [0.15, 0.2) is 0 Å². The fraction of sp³-hybridized carbons (Fsp3) is 0.105. The third-order valence-electron chi connectivity index (χ3n) is 4.05. The van der Waals surface area contributed by atoms with Crippen molar-refractivity contribution in [3.63, 3.8) is 0 Å². The minimum absolute atomic E-state index is 0.120. The van der Waals surface area contributed by atoms with E-state index in [9.17, 15) is 10.1 Å². The van der Waals surface area contributed by atoms with Crippen LogP contribution < -0.4 is 0 Å². The van der Waals surface area contributed by atoms with Gasteiger partial charge in [-0.15, -0.1) is 23.1 Å². The molecule has 0 N–H and O–H groups in total. The van der Waals surface area contributed by atoms with Crippen molar-refractivity contribution in [3.8, 4) is 0 Å². The smallest absolute Gasteiger partial charge is 0.258 e. The summed E-state index contributed by atoms with van der Waals surface area (Å²) in [5.74, 6) is 0. The molecule has 3 aromatic rings.